The van der Waals surface area contributed by atoms with Crippen molar-refractivity contribution in [2.45, 2.75) is 31.8 Å². The molecule has 1 fully saturated rings. The standard InChI is InChI=1S/C13H19NO2S/c1-11(12-6-4-3-5-7-12)14-13(2)8-9-17(15,16)10-13/h3-7,11,14H,8-10H2,1-2H3. The van der Waals surface area contributed by atoms with Crippen LogP contribution < -0.4 is 5.32 Å². The zero-order valence-electron chi connectivity index (χ0n) is 10.3. The molecule has 2 atom stereocenters. The van der Waals surface area contributed by atoms with Crippen LogP contribution in [0.25, 0.3) is 0 Å². The second-order valence-electron chi connectivity index (χ2n) is 5.18. The highest BCUT2D eigenvalue weighted by Gasteiger charge is 2.38. The Labute approximate surface area is 103 Å². The van der Waals surface area contributed by atoms with E-state index in [1.165, 1.54) is 5.56 Å². The minimum atomic E-state index is -2.84. The Hall–Kier alpha value is -0.870. The molecule has 17 heavy (non-hydrogen) atoms. The quantitative estimate of drug-likeness (QED) is 0.895. The maximum atomic E-state index is 11.5. The lowest BCUT2D eigenvalue weighted by molar-refractivity contribution is 0.355. The van der Waals surface area contributed by atoms with Gasteiger partial charge in [0.05, 0.1) is 11.5 Å². The Balaban J connectivity index is 2.07. The minimum Gasteiger partial charge on any atom is -0.304 e. The molecular formula is C13H19NO2S. The molecule has 1 N–H and O–H groups in total. The average molecular weight is 253 g/mol. The predicted octanol–water partition coefficient (Wildman–Crippen LogP) is 1.91. The first-order chi connectivity index (χ1) is 7.90. The summed E-state index contributed by atoms with van der Waals surface area (Å²) in [5, 5.41) is 3.45. The van der Waals surface area contributed by atoms with Crippen molar-refractivity contribution in [2.75, 3.05) is 11.5 Å². The molecule has 0 aliphatic carbocycles. The van der Waals surface area contributed by atoms with E-state index >= 15 is 0 Å². The molecule has 2 rings (SSSR count). The van der Waals surface area contributed by atoms with E-state index in [0.717, 1.165) is 0 Å². The summed E-state index contributed by atoms with van der Waals surface area (Å²) in [5.41, 5.74) is 0.909. The molecule has 0 spiro atoms. The van der Waals surface area contributed by atoms with Crippen LogP contribution >= 0.6 is 0 Å². The third-order valence-electron chi connectivity index (χ3n) is 3.37. The molecule has 1 aromatic rings. The van der Waals surface area contributed by atoms with Crippen molar-refractivity contribution in [1.82, 2.24) is 5.32 Å². The molecule has 1 heterocycles. The number of sulfone groups is 1. The monoisotopic (exact) mass is 253 g/mol. The van der Waals surface area contributed by atoms with Gasteiger partial charge in [-0.15, -0.1) is 0 Å². The van der Waals surface area contributed by atoms with Gasteiger partial charge in [-0.1, -0.05) is 30.3 Å². The Morgan fingerprint density at radius 3 is 2.47 bits per heavy atom. The summed E-state index contributed by atoms with van der Waals surface area (Å²) in [6.45, 7) is 4.07. The maximum absolute atomic E-state index is 11.5. The highest BCUT2D eigenvalue weighted by atomic mass is 32.2. The highest BCUT2D eigenvalue weighted by molar-refractivity contribution is 7.91. The van der Waals surface area contributed by atoms with E-state index in [0.29, 0.717) is 12.2 Å². The van der Waals surface area contributed by atoms with Gasteiger partial charge in [-0.3, -0.25) is 0 Å². The fourth-order valence-corrected chi connectivity index (χ4v) is 4.58. The molecule has 0 saturated carbocycles. The smallest absolute Gasteiger partial charge is 0.152 e. The molecule has 1 saturated heterocycles. The van der Waals surface area contributed by atoms with Crippen molar-refractivity contribution in [1.29, 1.82) is 0 Å². The lowest BCUT2D eigenvalue weighted by Crippen LogP contribution is -2.44. The van der Waals surface area contributed by atoms with Crippen LogP contribution in [0.3, 0.4) is 0 Å². The van der Waals surface area contributed by atoms with E-state index in [1.807, 2.05) is 25.1 Å². The van der Waals surface area contributed by atoms with E-state index in [4.69, 9.17) is 0 Å². The molecule has 0 amide bonds. The zero-order valence-corrected chi connectivity index (χ0v) is 11.1. The summed E-state index contributed by atoms with van der Waals surface area (Å²) in [4.78, 5) is 0. The van der Waals surface area contributed by atoms with Gasteiger partial charge < -0.3 is 5.32 Å². The summed E-state index contributed by atoms with van der Waals surface area (Å²) in [6.07, 6.45) is 0.701. The topological polar surface area (TPSA) is 46.2 Å². The summed E-state index contributed by atoms with van der Waals surface area (Å²) in [6, 6.07) is 10.3. The zero-order chi connectivity index (χ0) is 12.5. The first kappa shape index (κ1) is 12.6. The van der Waals surface area contributed by atoms with Crippen molar-refractivity contribution in [3.05, 3.63) is 35.9 Å². The van der Waals surface area contributed by atoms with E-state index in [1.54, 1.807) is 0 Å². The first-order valence-electron chi connectivity index (χ1n) is 5.93. The van der Waals surface area contributed by atoms with Gasteiger partial charge in [-0.05, 0) is 25.8 Å². The molecule has 0 radical (unpaired) electrons. The summed E-state index contributed by atoms with van der Waals surface area (Å²) in [7, 11) is -2.84. The molecule has 0 aromatic heterocycles. The van der Waals surface area contributed by atoms with Gasteiger partial charge >= 0.3 is 0 Å². The SMILES string of the molecule is CC(NC1(C)CCS(=O)(=O)C1)c1ccccc1. The van der Waals surface area contributed by atoms with Crippen LogP contribution in [-0.4, -0.2) is 25.5 Å². The molecular weight excluding hydrogens is 234 g/mol. The van der Waals surface area contributed by atoms with Crippen LogP contribution in [0.5, 0.6) is 0 Å². The number of rotatable bonds is 3. The summed E-state index contributed by atoms with van der Waals surface area (Å²) >= 11 is 0. The van der Waals surface area contributed by atoms with Crippen molar-refractivity contribution < 1.29 is 8.42 Å². The fourth-order valence-electron chi connectivity index (χ4n) is 2.47. The van der Waals surface area contributed by atoms with Crippen molar-refractivity contribution in [2.24, 2.45) is 0 Å². The van der Waals surface area contributed by atoms with Gasteiger partial charge in [0.2, 0.25) is 0 Å². The van der Waals surface area contributed by atoms with Crippen molar-refractivity contribution >= 4 is 9.84 Å². The van der Waals surface area contributed by atoms with Crippen LogP contribution in [0.1, 0.15) is 31.9 Å². The van der Waals surface area contributed by atoms with Crippen molar-refractivity contribution in [3.63, 3.8) is 0 Å². The molecule has 4 heteroatoms. The second-order valence-corrected chi connectivity index (χ2v) is 7.36. The molecule has 1 aromatic carbocycles. The van der Waals surface area contributed by atoms with Gasteiger partial charge in [-0.25, -0.2) is 8.42 Å². The number of nitrogens with one attached hydrogen (secondary N) is 1. The minimum absolute atomic E-state index is 0.175. The third kappa shape index (κ3) is 3.07. The molecule has 94 valence electrons. The lowest BCUT2D eigenvalue weighted by atomic mass is 9.98. The largest absolute Gasteiger partial charge is 0.304 e. The molecule has 3 nitrogen and oxygen atoms in total. The molecule has 1 aliphatic heterocycles. The summed E-state index contributed by atoms with van der Waals surface area (Å²) < 4.78 is 23.0. The third-order valence-corrected chi connectivity index (χ3v) is 5.27. The lowest BCUT2D eigenvalue weighted by Gasteiger charge is -2.28. The highest BCUT2D eigenvalue weighted by Crippen LogP contribution is 2.26. The van der Waals surface area contributed by atoms with Crippen LogP contribution in [0.2, 0.25) is 0 Å². The summed E-state index contributed by atoms with van der Waals surface area (Å²) in [5.74, 6) is 0.551. The van der Waals surface area contributed by atoms with Gasteiger partial charge in [0, 0.05) is 11.6 Å². The van der Waals surface area contributed by atoms with Crippen LogP contribution in [0.4, 0.5) is 0 Å². The second kappa shape index (κ2) is 4.42. The molecule has 2 unspecified atom stereocenters. The van der Waals surface area contributed by atoms with Crippen LogP contribution in [0, 0.1) is 0 Å². The number of benzene rings is 1. The Morgan fingerprint density at radius 1 is 1.29 bits per heavy atom. The van der Waals surface area contributed by atoms with Gasteiger partial charge in [0.25, 0.3) is 0 Å². The fraction of sp³-hybridized carbons (Fsp3) is 0.538. The van der Waals surface area contributed by atoms with E-state index in [9.17, 15) is 8.42 Å². The predicted molar refractivity (Wildman–Crippen MR) is 69.7 cm³/mol. The average Bonchev–Trinajstić information content (AvgIpc) is 2.54. The molecule has 1 aliphatic rings. The Kier molecular flexibility index (Phi) is 3.27. The number of hydrogen-bond donors (Lipinski definition) is 1. The van der Waals surface area contributed by atoms with Crippen molar-refractivity contribution in [3.8, 4) is 0 Å². The Morgan fingerprint density at radius 2 is 1.94 bits per heavy atom. The van der Waals surface area contributed by atoms with Crippen LogP contribution in [-0.2, 0) is 9.84 Å². The normalized spacial score (nSPS) is 29.1. The van der Waals surface area contributed by atoms with E-state index in [2.05, 4.69) is 24.4 Å². The maximum Gasteiger partial charge on any atom is 0.152 e. The first-order valence-corrected chi connectivity index (χ1v) is 7.75. The van der Waals surface area contributed by atoms with Gasteiger partial charge in [0.1, 0.15) is 0 Å². The Bertz CT molecular complexity index is 483. The number of hydrogen-bond acceptors (Lipinski definition) is 3. The van der Waals surface area contributed by atoms with E-state index in [-0.39, 0.29) is 17.3 Å². The van der Waals surface area contributed by atoms with Gasteiger partial charge in [-0.2, -0.15) is 0 Å². The molecule has 0 bridgehead atoms. The van der Waals surface area contributed by atoms with E-state index < -0.39 is 9.84 Å². The van der Waals surface area contributed by atoms with Crippen LogP contribution in [0.15, 0.2) is 30.3 Å². The van der Waals surface area contributed by atoms with Gasteiger partial charge in [0.15, 0.2) is 9.84 Å².